The molecule has 2 heterocycles. The maximum Gasteiger partial charge on any atom is 0.203 e. The highest BCUT2D eigenvalue weighted by atomic mass is 16.3. The SMILES string of the molecule is C[C@H]1CN(Cc2ccccc2)CC[C@@H]1N(C)Cc1ccc(C#N)o1. The smallest absolute Gasteiger partial charge is 0.203 e. The van der Waals surface area contributed by atoms with Gasteiger partial charge >= 0.3 is 0 Å². The number of furan rings is 1. The second-order valence-electron chi connectivity index (χ2n) is 6.85. The lowest BCUT2D eigenvalue weighted by Gasteiger charge is -2.41. The Kier molecular flexibility index (Phi) is 5.34. The molecule has 0 radical (unpaired) electrons. The van der Waals surface area contributed by atoms with E-state index in [0.717, 1.165) is 38.4 Å². The van der Waals surface area contributed by atoms with Crippen molar-refractivity contribution in [3.63, 3.8) is 0 Å². The van der Waals surface area contributed by atoms with Gasteiger partial charge in [0.1, 0.15) is 11.8 Å². The van der Waals surface area contributed by atoms with Gasteiger partial charge in [-0.1, -0.05) is 37.3 Å². The molecular weight excluding hydrogens is 298 g/mol. The summed E-state index contributed by atoms with van der Waals surface area (Å²) in [5.74, 6) is 1.87. The van der Waals surface area contributed by atoms with Gasteiger partial charge in [-0.25, -0.2) is 0 Å². The lowest BCUT2D eigenvalue weighted by molar-refractivity contribution is 0.0682. The van der Waals surface area contributed by atoms with Gasteiger partial charge in [0.15, 0.2) is 0 Å². The molecule has 0 unspecified atom stereocenters. The molecule has 126 valence electrons. The summed E-state index contributed by atoms with van der Waals surface area (Å²) in [6.07, 6.45) is 1.16. The van der Waals surface area contributed by atoms with E-state index in [9.17, 15) is 0 Å². The van der Waals surface area contributed by atoms with Crippen LogP contribution in [0.4, 0.5) is 0 Å². The molecule has 4 heteroatoms. The molecule has 0 amide bonds. The molecule has 2 atom stereocenters. The monoisotopic (exact) mass is 323 g/mol. The summed E-state index contributed by atoms with van der Waals surface area (Å²) in [5, 5.41) is 8.86. The standard InChI is InChI=1S/C20H25N3O/c1-16-13-23(14-17-6-4-3-5-7-17)11-10-20(16)22(2)15-19-9-8-18(12-21)24-19/h3-9,16,20H,10-11,13-15H2,1-2H3/t16-,20-/m0/s1. The first-order valence-corrected chi connectivity index (χ1v) is 8.61. The largest absolute Gasteiger partial charge is 0.449 e. The topological polar surface area (TPSA) is 43.4 Å². The van der Waals surface area contributed by atoms with Crippen molar-refractivity contribution in [2.24, 2.45) is 5.92 Å². The molecule has 0 bridgehead atoms. The molecule has 0 N–H and O–H groups in total. The molecule has 1 aromatic carbocycles. The van der Waals surface area contributed by atoms with Gasteiger partial charge in [0.2, 0.25) is 5.76 Å². The van der Waals surface area contributed by atoms with Gasteiger partial charge in [0.05, 0.1) is 6.54 Å². The normalized spacial score (nSPS) is 21.8. The molecule has 1 aliphatic heterocycles. The number of hydrogen-bond acceptors (Lipinski definition) is 4. The van der Waals surface area contributed by atoms with Crippen LogP contribution < -0.4 is 0 Å². The van der Waals surface area contributed by atoms with Crippen LogP contribution in [0.1, 0.15) is 30.4 Å². The zero-order valence-corrected chi connectivity index (χ0v) is 14.5. The second kappa shape index (κ2) is 7.65. The van der Waals surface area contributed by atoms with Gasteiger partial charge in [-0.15, -0.1) is 0 Å². The summed E-state index contributed by atoms with van der Waals surface area (Å²) < 4.78 is 5.52. The average molecular weight is 323 g/mol. The molecule has 1 aliphatic rings. The quantitative estimate of drug-likeness (QED) is 0.845. The van der Waals surface area contributed by atoms with Crippen LogP contribution in [0.25, 0.3) is 0 Å². The fourth-order valence-corrected chi connectivity index (χ4v) is 3.75. The number of benzene rings is 1. The zero-order valence-electron chi connectivity index (χ0n) is 14.5. The molecule has 4 nitrogen and oxygen atoms in total. The van der Waals surface area contributed by atoms with E-state index in [-0.39, 0.29) is 0 Å². The summed E-state index contributed by atoms with van der Waals surface area (Å²) in [4.78, 5) is 4.91. The molecule has 24 heavy (non-hydrogen) atoms. The predicted octanol–water partition coefficient (Wildman–Crippen LogP) is 3.49. The van der Waals surface area contributed by atoms with Crippen LogP contribution in [0.2, 0.25) is 0 Å². The molecule has 1 saturated heterocycles. The van der Waals surface area contributed by atoms with Crippen molar-refractivity contribution in [2.75, 3.05) is 20.1 Å². The van der Waals surface area contributed by atoms with Crippen LogP contribution in [0.15, 0.2) is 46.9 Å². The van der Waals surface area contributed by atoms with E-state index in [1.807, 2.05) is 12.1 Å². The Morgan fingerprint density at radius 2 is 2.04 bits per heavy atom. The molecule has 0 saturated carbocycles. The third-order valence-corrected chi connectivity index (χ3v) is 4.94. The van der Waals surface area contributed by atoms with Crippen molar-refractivity contribution in [3.8, 4) is 6.07 Å². The van der Waals surface area contributed by atoms with Crippen molar-refractivity contribution >= 4 is 0 Å². The first kappa shape index (κ1) is 16.8. The molecular formula is C20H25N3O. The van der Waals surface area contributed by atoms with Crippen LogP contribution in [0, 0.1) is 17.2 Å². The molecule has 0 spiro atoms. The van der Waals surface area contributed by atoms with Crippen LogP contribution in [0.5, 0.6) is 0 Å². The van der Waals surface area contributed by atoms with E-state index in [0.29, 0.717) is 17.7 Å². The summed E-state index contributed by atoms with van der Waals surface area (Å²) in [5.41, 5.74) is 1.39. The molecule has 3 rings (SSSR count). The van der Waals surface area contributed by atoms with E-state index in [4.69, 9.17) is 9.68 Å². The fourth-order valence-electron chi connectivity index (χ4n) is 3.75. The molecule has 2 aromatic rings. The lowest BCUT2D eigenvalue weighted by atomic mass is 9.92. The van der Waals surface area contributed by atoms with Gasteiger partial charge in [0.25, 0.3) is 0 Å². The van der Waals surface area contributed by atoms with Crippen LogP contribution in [-0.4, -0.2) is 36.0 Å². The Morgan fingerprint density at radius 3 is 2.71 bits per heavy atom. The van der Waals surface area contributed by atoms with E-state index in [1.165, 1.54) is 5.56 Å². The highest BCUT2D eigenvalue weighted by Gasteiger charge is 2.29. The Morgan fingerprint density at radius 1 is 1.25 bits per heavy atom. The van der Waals surface area contributed by atoms with Crippen molar-refractivity contribution in [3.05, 3.63) is 59.5 Å². The van der Waals surface area contributed by atoms with Gasteiger partial charge in [-0.05, 0) is 43.6 Å². The third kappa shape index (κ3) is 4.05. The lowest BCUT2D eigenvalue weighted by Crippen LogP contribution is -2.48. The van der Waals surface area contributed by atoms with Crippen molar-refractivity contribution in [2.45, 2.75) is 32.5 Å². The summed E-state index contributed by atoms with van der Waals surface area (Å²) >= 11 is 0. The number of piperidine rings is 1. The minimum absolute atomic E-state index is 0.393. The number of nitriles is 1. The summed E-state index contributed by atoms with van der Waals surface area (Å²) in [6.45, 7) is 6.36. The average Bonchev–Trinajstić information content (AvgIpc) is 3.03. The van der Waals surface area contributed by atoms with Crippen LogP contribution in [-0.2, 0) is 13.1 Å². The predicted molar refractivity (Wildman–Crippen MR) is 94.2 cm³/mol. The number of nitrogens with zero attached hydrogens (tertiary/aromatic N) is 3. The zero-order chi connectivity index (χ0) is 16.9. The number of likely N-dealkylation sites (tertiary alicyclic amines) is 1. The molecule has 0 aliphatic carbocycles. The van der Waals surface area contributed by atoms with Crippen LogP contribution in [0.3, 0.4) is 0 Å². The first-order chi connectivity index (χ1) is 11.7. The highest BCUT2D eigenvalue weighted by Crippen LogP contribution is 2.24. The van der Waals surface area contributed by atoms with Crippen molar-refractivity contribution in [1.82, 2.24) is 9.80 Å². The number of hydrogen-bond donors (Lipinski definition) is 0. The van der Waals surface area contributed by atoms with Crippen molar-refractivity contribution < 1.29 is 4.42 Å². The van der Waals surface area contributed by atoms with Gasteiger partial charge in [-0.3, -0.25) is 9.80 Å². The minimum Gasteiger partial charge on any atom is -0.449 e. The first-order valence-electron chi connectivity index (χ1n) is 8.61. The van der Waals surface area contributed by atoms with Crippen molar-refractivity contribution in [1.29, 1.82) is 5.26 Å². The Balaban J connectivity index is 1.54. The molecule has 1 aromatic heterocycles. The molecule has 1 fully saturated rings. The second-order valence-corrected chi connectivity index (χ2v) is 6.85. The maximum atomic E-state index is 8.86. The summed E-state index contributed by atoms with van der Waals surface area (Å²) in [7, 11) is 2.16. The van der Waals surface area contributed by atoms with Crippen LogP contribution >= 0.6 is 0 Å². The van der Waals surface area contributed by atoms with Gasteiger partial charge in [0, 0.05) is 19.1 Å². The maximum absolute atomic E-state index is 8.86. The van der Waals surface area contributed by atoms with Gasteiger partial charge < -0.3 is 4.42 Å². The fraction of sp³-hybridized carbons (Fsp3) is 0.450. The Bertz CT molecular complexity index is 688. The van der Waals surface area contributed by atoms with Gasteiger partial charge in [-0.2, -0.15) is 5.26 Å². The third-order valence-electron chi connectivity index (χ3n) is 4.94. The Labute approximate surface area is 144 Å². The van der Waals surface area contributed by atoms with E-state index in [1.54, 1.807) is 6.07 Å². The summed E-state index contributed by atoms with van der Waals surface area (Å²) in [6, 6.07) is 16.9. The van der Waals surface area contributed by atoms with E-state index in [2.05, 4.69) is 54.1 Å². The minimum atomic E-state index is 0.393. The number of rotatable bonds is 5. The van der Waals surface area contributed by atoms with E-state index >= 15 is 0 Å². The van der Waals surface area contributed by atoms with E-state index < -0.39 is 0 Å². The Hall–Kier alpha value is -2.09. The highest BCUT2D eigenvalue weighted by molar-refractivity contribution is 5.19.